The number of imidazole rings is 1. The van der Waals surface area contributed by atoms with E-state index in [2.05, 4.69) is 10.3 Å². The lowest BCUT2D eigenvalue weighted by atomic mass is 10.1. The number of nitrogens with one attached hydrogen (secondary N) is 1. The van der Waals surface area contributed by atoms with E-state index in [4.69, 9.17) is 5.11 Å². The second-order valence-electron chi connectivity index (χ2n) is 4.70. The molecule has 1 unspecified atom stereocenters. The number of aromatic nitrogens is 2. The van der Waals surface area contributed by atoms with Gasteiger partial charge >= 0.3 is 0 Å². The van der Waals surface area contributed by atoms with E-state index in [1.807, 2.05) is 23.9 Å². The number of benzene rings is 1. The predicted octanol–water partition coefficient (Wildman–Crippen LogP) is 1.42. The Labute approximate surface area is 122 Å². The number of thioether (sulfide) groups is 1. The number of rotatable bonds is 6. The van der Waals surface area contributed by atoms with E-state index in [0.29, 0.717) is 12.0 Å². The molecule has 1 amide bonds. The van der Waals surface area contributed by atoms with Crippen molar-refractivity contribution in [3.05, 3.63) is 30.1 Å². The molecule has 1 heterocycles. The van der Waals surface area contributed by atoms with E-state index in [0.717, 1.165) is 16.8 Å². The van der Waals surface area contributed by atoms with Crippen LogP contribution in [0.5, 0.6) is 0 Å². The van der Waals surface area contributed by atoms with Gasteiger partial charge in [0.05, 0.1) is 17.4 Å². The Bertz CT molecular complexity index is 591. The monoisotopic (exact) mass is 293 g/mol. The number of aliphatic hydroxyl groups excluding tert-OH is 1. The molecule has 1 aromatic heterocycles. The minimum absolute atomic E-state index is 0.0121. The van der Waals surface area contributed by atoms with Crippen LogP contribution in [0.15, 0.2) is 24.5 Å². The molecule has 108 valence electrons. The predicted molar refractivity (Wildman–Crippen MR) is 82.1 cm³/mol. The second-order valence-corrected chi connectivity index (χ2v) is 5.61. The smallest absolute Gasteiger partial charge is 0.251 e. The number of fused-ring (bicyclic) bond motifs is 1. The molecule has 6 heteroatoms. The highest BCUT2D eigenvalue weighted by Crippen LogP contribution is 2.14. The molecule has 0 spiro atoms. The van der Waals surface area contributed by atoms with Gasteiger partial charge in [-0.15, -0.1) is 0 Å². The maximum atomic E-state index is 12.2. The number of hydrogen-bond acceptors (Lipinski definition) is 4. The van der Waals surface area contributed by atoms with Crippen LogP contribution in [0.1, 0.15) is 16.8 Å². The van der Waals surface area contributed by atoms with Gasteiger partial charge in [-0.25, -0.2) is 4.98 Å². The van der Waals surface area contributed by atoms with Crippen LogP contribution < -0.4 is 5.32 Å². The molecule has 0 bridgehead atoms. The molecule has 0 aliphatic carbocycles. The minimum Gasteiger partial charge on any atom is -0.396 e. The number of aryl methyl sites for hydroxylation is 1. The number of carbonyl (C=O) groups is 1. The van der Waals surface area contributed by atoms with Crippen LogP contribution in [-0.2, 0) is 7.05 Å². The van der Waals surface area contributed by atoms with Gasteiger partial charge in [0.1, 0.15) is 0 Å². The molecule has 5 nitrogen and oxygen atoms in total. The Balaban J connectivity index is 2.13. The number of carbonyl (C=O) groups excluding carboxylic acids is 1. The maximum absolute atomic E-state index is 12.2. The van der Waals surface area contributed by atoms with Gasteiger partial charge in [0.25, 0.3) is 5.91 Å². The van der Waals surface area contributed by atoms with Crippen molar-refractivity contribution in [3.8, 4) is 0 Å². The molecule has 1 aromatic carbocycles. The molecule has 2 aromatic rings. The lowest BCUT2D eigenvalue weighted by Crippen LogP contribution is -2.37. The maximum Gasteiger partial charge on any atom is 0.251 e. The summed E-state index contributed by atoms with van der Waals surface area (Å²) in [6.07, 6.45) is 4.28. The van der Waals surface area contributed by atoms with Crippen molar-refractivity contribution in [3.63, 3.8) is 0 Å². The SMILES string of the molecule is CSCC(CCO)NC(=O)c1ccc2c(c1)ncn2C. The molecular weight excluding hydrogens is 274 g/mol. The van der Waals surface area contributed by atoms with Crippen molar-refractivity contribution >= 4 is 28.7 Å². The summed E-state index contributed by atoms with van der Waals surface area (Å²) in [5.74, 6) is 0.669. The number of hydrogen-bond donors (Lipinski definition) is 2. The quantitative estimate of drug-likeness (QED) is 0.845. The summed E-state index contributed by atoms with van der Waals surface area (Å²) >= 11 is 1.65. The van der Waals surface area contributed by atoms with Gasteiger partial charge in [0, 0.05) is 31.0 Å². The second kappa shape index (κ2) is 6.76. The Kier molecular flexibility index (Phi) is 5.03. The fraction of sp³-hybridized carbons (Fsp3) is 0.429. The van der Waals surface area contributed by atoms with Gasteiger partial charge in [-0.2, -0.15) is 11.8 Å². The fourth-order valence-corrected chi connectivity index (χ4v) is 2.75. The Morgan fingerprint density at radius 1 is 1.55 bits per heavy atom. The number of nitrogens with zero attached hydrogens (tertiary/aromatic N) is 2. The van der Waals surface area contributed by atoms with Gasteiger partial charge in [-0.1, -0.05) is 0 Å². The largest absolute Gasteiger partial charge is 0.396 e. The average Bonchev–Trinajstić information content (AvgIpc) is 2.80. The zero-order valence-electron chi connectivity index (χ0n) is 11.7. The van der Waals surface area contributed by atoms with Gasteiger partial charge in [0.2, 0.25) is 0 Å². The van der Waals surface area contributed by atoms with Crippen molar-refractivity contribution in [1.82, 2.24) is 14.9 Å². The highest BCUT2D eigenvalue weighted by Gasteiger charge is 2.14. The molecular formula is C14H19N3O2S. The topological polar surface area (TPSA) is 67.2 Å². The third-order valence-corrected chi connectivity index (χ3v) is 3.90. The lowest BCUT2D eigenvalue weighted by molar-refractivity contribution is 0.0935. The zero-order chi connectivity index (χ0) is 14.5. The number of aliphatic hydroxyl groups is 1. The Morgan fingerprint density at radius 3 is 3.05 bits per heavy atom. The summed E-state index contributed by atoms with van der Waals surface area (Å²) in [5, 5.41) is 12.0. The van der Waals surface area contributed by atoms with Crippen LogP contribution >= 0.6 is 11.8 Å². The molecule has 1 atom stereocenters. The summed E-state index contributed by atoms with van der Waals surface area (Å²) < 4.78 is 1.92. The molecule has 20 heavy (non-hydrogen) atoms. The fourth-order valence-electron chi connectivity index (χ4n) is 2.10. The van der Waals surface area contributed by atoms with Crippen LogP contribution in [0.2, 0.25) is 0 Å². The highest BCUT2D eigenvalue weighted by molar-refractivity contribution is 7.98. The molecule has 2 rings (SSSR count). The molecule has 0 saturated carbocycles. The first-order chi connectivity index (χ1) is 9.65. The van der Waals surface area contributed by atoms with E-state index in [1.165, 1.54) is 0 Å². The first-order valence-corrected chi connectivity index (χ1v) is 7.87. The summed E-state index contributed by atoms with van der Waals surface area (Å²) in [5.41, 5.74) is 2.40. The third kappa shape index (κ3) is 3.32. The van der Waals surface area contributed by atoms with Crippen molar-refractivity contribution in [2.75, 3.05) is 18.6 Å². The first-order valence-electron chi connectivity index (χ1n) is 6.47. The zero-order valence-corrected chi connectivity index (χ0v) is 12.5. The van der Waals surface area contributed by atoms with E-state index >= 15 is 0 Å². The number of amides is 1. The Morgan fingerprint density at radius 2 is 2.35 bits per heavy atom. The molecule has 0 saturated heterocycles. The highest BCUT2D eigenvalue weighted by atomic mass is 32.2. The van der Waals surface area contributed by atoms with E-state index in [1.54, 1.807) is 30.2 Å². The van der Waals surface area contributed by atoms with Crippen LogP contribution in [-0.4, -0.2) is 45.2 Å². The van der Waals surface area contributed by atoms with Crippen molar-refractivity contribution < 1.29 is 9.90 Å². The van der Waals surface area contributed by atoms with E-state index in [9.17, 15) is 4.79 Å². The first kappa shape index (κ1) is 14.9. The van der Waals surface area contributed by atoms with Crippen LogP contribution in [0.4, 0.5) is 0 Å². The van der Waals surface area contributed by atoms with Gasteiger partial charge in [0.15, 0.2) is 0 Å². The van der Waals surface area contributed by atoms with Gasteiger partial charge < -0.3 is 15.0 Å². The summed E-state index contributed by atoms with van der Waals surface area (Å²) in [6, 6.07) is 5.48. The van der Waals surface area contributed by atoms with Crippen molar-refractivity contribution in [1.29, 1.82) is 0 Å². The van der Waals surface area contributed by atoms with Crippen LogP contribution in [0.25, 0.3) is 11.0 Å². The van der Waals surface area contributed by atoms with Gasteiger partial charge in [-0.3, -0.25) is 4.79 Å². The normalized spacial score (nSPS) is 12.6. The van der Waals surface area contributed by atoms with E-state index < -0.39 is 0 Å². The van der Waals surface area contributed by atoms with Gasteiger partial charge in [-0.05, 0) is 30.9 Å². The summed E-state index contributed by atoms with van der Waals surface area (Å²) in [7, 11) is 1.92. The van der Waals surface area contributed by atoms with Crippen LogP contribution in [0.3, 0.4) is 0 Å². The Hall–Kier alpha value is -1.53. The summed E-state index contributed by atoms with van der Waals surface area (Å²) in [4.78, 5) is 16.5. The molecule has 0 aliphatic heterocycles. The lowest BCUT2D eigenvalue weighted by Gasteiger charge is -2.16. The molecule has 2 N–H and O–H groups in total. The standard InChI is InChI=1S/C14H19N3O2S/c1-17-9-15-12-7-10(3-4-13(12)17)14(19)16-11(5-6-18)8-20-2/h3-4,7,9,11,18H,5-6,8H2,1-2H3,(H,16,19). The van der Waals surface area contributed by atoms with Crippen LogP contribution in [0, 0.1) is 0 Å². The average molecular weight is 293 g/mol. The molecule has 0 aliphatic rings. The van der Waals surface area contributed by atoms with Crippen molar-refractivity contribution in [2.45, 2.75) is 12.5 Å². The molecule has 0 radical (unpaired) electrons. The molecule has 0 fully saturated rings. The van der Waals surface area contributed by atoms with E-state index in [-0.39, 0.29) is 18.6 Å². The summed E-state index contributed by atoms with van der Waals surface area (Å²) in [6.45, 7) is 0.0742. The minimum atomic E-state index is -0.120. The third-order valence-electron chi connectivity index (χ3n) is 3.17. The van der Waals surface area contributed by atoms with Crippen molar-refractivity contribution in [2.24, 2.45) is 7.05 Å².